The fraction of sp³-hybridized carbons (Fsp3) is 0. The van der Waals surface area contributed by atoms with Gasteiger partial charge in [0.15, 0.2) is 0 Å². The molecule has 0 amide bonds. The van der Waals surface area contributed by atoms with E-state index in [1.54, 1.807) is 0 Å². The standard InChI is InChI=1S/C44H28N2/c1-3-12-32(13-4-1)45-40-18-10-9-17-36(40)38-27-30(20-24-41(38)45)31-21-25-42-39(28-31)44-37-22-19-29-11-7-8-16-34(29)35(37)23-26-43(44)46(42)33-14-5-2-6-15-33/h1-28H. The maximum absolute atomic E-state index is 2.42. The quantitative estimate of drug-likeness (QED) is 0.183. The molecule has 8 aromatic carbocycles. The molecule has 0 unspecified atom stereocenters. The molecule has 0 aliphatic rings. The summed E-state index contributed by atoms with van der Waals surface area (Å²) in [6.45, 7) is 0. The second-order valence-corrected chi connectivity index (χ2v) is 12.2. The number of nitrogens with zero attached hydrogens (tertiary/aromatic N) is 2. The Morgan fingerprint density at radius 2 is 0.804 bits per heavy atom. The summed E-state index contributed by atoms with van der Waals surface area (Å²) >= 11 is 0. The molecule has 2 aromatic heterocycles. The minimum absolute atomic E-state index is 1.17. The van der Waals surface area contributed by atoms with E-state index in [-0.39, 0.29) is 0 Å². The Labute approximate surface area is 266 Å². The molecule has 10 rings (SSSR count). The van der Waals surface area contributed by atoms with E-state index in [0.717, 1.165) is 0 Å². The van der Waals surface area contributed by atoms with Crippen molar-refractivity contribution >= 4 is 65.2 Å². The van der Waals surface area contributed by atoms with Gasteiger partial charge in [0.2, 0.25) is 0 Å². The molecule has 46 heavy (non-hydrogen) atoms. The third kappa shape index (κ3) is 3.59. The van der Waals surface area contributed by atoms with Crippen molar-refractivity contribution in [1.82, 2.24) is 9.13 Å². The summed E-state index contributed by atoms with van der Waals surface area (Å²) in [4.78, 5) is 0. The van der Waals surface area contributed by atoms with Crippen molar-refractivity contribution < 1.29 is 0 Å². The minimum Gasteiger partial charge on any atom is -0.309 e. The SMILES string of the molecule is c1ccc(-n2c3ccccc3c3cc(-c4ccc5c(c4)c4c6ccc7ccccc7c6ccc4n5-c4ccccc4)ccc32)cc1. The predicted octanol–water partition coefficient (Wildman–Crippen LogP) is 11.9. The second-order valence-electron chi connectivity index (χ2n) is 12.2. The van der Waals surface area contributed by atoms with Gasteiger partial charge in [0, 0.05) is 32.9 Å². The zero-order valence-corrected chi connectivity index (χ0v) is 25.1. The maximum Gasteiger partial charge on any atom is 0.0547 e. The van der Waals surface area contributed by atoms with Crippen LogP contribution in [0.4, 0.5) is 0 Å². The van der Waals surface area contributed by atoms with Crippen molar-refractivity contribution in [3.8, 4) is 22.5 Å². The predicted molar refractivity (Wildman–Crippen MR) is 196 cm³/mol. The Kier molecular flexibility index (Phi) is 5.31. The molecule has 0 atom stereocenters. The summed E-state index contributed by atoms with van der Waals surface area (Å²) in [5, 5.41) is 10.2. The normalized spacial score (nSPS) is 11.9. The highest BCUT2D eigenvalue weighted by atomic mass is 15.0. The van der Waals surface area contributed by atoms with E-state index in [0.29, 0.717) is 0 Å². The van der Waals surface area contributed by atoms with Crippen LogP contribution in [0.1, 0.15) is 0 Å². The molecule has 0 saturated heterocycles. The Hall–Kier alpha value is -6.12. The van der Waals surface area contributed by atoms with Gasteiger partial charge in [-0.3, -0.25) is 0 Å². The van der Waals surface area contributed by atoms with Crippen LogP contribution < -0.4 is 0 Å². The lowest BCUT2D eigenvalue weighted by Crippen LogP contribution is -1.93. The molecule has 0 fully saturated rings. The van der Waals surface area contributed by atoms with Crippen molar-refractivity contribution in [3.05, 3.63) is 170 Å². The van der Waals surface area contributed by atoms with Crippen LogP contribution in [-0.2, 0) is 0 Å². The maximum atomic E-state index is 2.42. The third-order valence-electron chi connectivity index (χ3n) is 9.69. The lowest BCUT2D eigenvalue weighted by molar-refractivity contribution is 1.18. The van der Waals surface area contributed by atoms with Gasteiger partial charge in [-0.25, -0.2) is 0 Å². The van der Waals surface area contributed by atoms with Crippen molar-refractivity contribution in [2.45, 2.75) is 0 Å². The lowest BCUT2D eigenvalue weighted by atomic mass is 9.96. The van der Waals surface area contributed by atoms with Crippen molar-refractivity contribution in [1.29, 1.82) is 0 Å². The molecule has 2 heterocycles. The number of aromatic nitrogens is 2. The topological polar surface area (TPSA) is 9.86 Å². The Bertz CT molecular complexity index is 2780. The van der Waals surface area contributed by atoms with Gasteiger partial charge in [0.25, 0.3) is 0 Å². The van der Waals surface area contributed by atoms with Crippen LogP contribution in [0.2, 0.25) is 0 Å². The van der Waals surface area contributed by atoms with Crippen LogP contribution in [0.25, 0.3) is 87.7 Å². The zero-order chi connectivity index (χ0) is 30.2. The molecule has 214 valence electrons. The van der Waals surface area contributed by atoms with Crippen LogP contribution in [-0.4, -0.2) is 9.13 Å². The van der Waals surface area contributed by atoms with Gasteiger partial charge in [-0.1, -0.05) is 109 Å². The molecule has 0 radical (unpaired) electrons. The molecule has 0 spiro atoms. The number of hydrogen-bond acceptors (Lipinski definition) is 0. The Morgan fingerprint density at radius 3 is 1.54 bits per heavy atom. The largest absolute Gasteiger partial charge is 0.309 e. The molecule has 0 aliphatic carbocycles. The summed E-state index contributed by atoms with van der Waals surface area (Å²) < 4.78 is 4.79. The average Bonchev–Trinajstić information content (AvgIpc) is 3.64. The van der Waals surface area contributed by atoms with Crippen molar-refractivity contribution in [2.24, 2.45) is 0 Å². The van der Waals surface area contributed by atoms with E-state index in [1.165, 1.54) is 87.7 Å². The minimum atomic E-state index is 1.17. The molecule has 0 bridgehead atoms. The monoisotopic (exact) mass is 584 g/mol. The first-order valence-corrected chi connectivity index (χ1v) is 15.9. The fourth-order valence-electron chi connectivity index (χ4n) is 7.65. The number of benzene rings is 8. The van der Waals surface area contributed by atoms with Crippen LogP contribution in [0, 0.1) is 0 Å². The van der Waals surface area contributed by atoms with Crippen molar-refractivity contribution in [3.63, 3.8) is 0 Å². The van der Waals surface area contributed by atoms with Gasteiger partial charge >= 0.3 is 0 Å². The lowest BCUT2D eigenvalue weighted by Gasteiger charge is -2.09. The Morgan fingerprint density at radius 1 is 0.283 bits per heavy atom. The van der Waals surface area contributed by atoms with Gasteiger partial charge in [0.05, 0.1) is 22.1 Å². The molecule has 2 heteroatoms. The van der Waals surface area contributed by atoms with E-state index in [4.69, 9.17) is 0 Å². The Balaban J connectivity index is 1.26. The smallest absolute Gasteiger partial charge is 0.0547 e. The zero-order valence-electron chi connectivity index (χ0n) is 25.1. The molecule has 2 nitrogen and oxygen atoms in total. The number of hydrogen-bond donors (Lipinski definition) is 0. The highest BCUT2D eigenvalue weighted by Crippen LogP contribution is 2.41. The highest BCUT2D eigenvalue weighted by Gasteiger charge is 2.18. The van der Waals surface area contributed by atoms with Crippen molar-refractivity contribution in [2.75, 3.05) is 0 Å². The van der Waals surface area contributed by atoms with E-state index < -0.39 is 0 Å². The molecule has 10 aromatic rings. The molecular weight excluding hydrogens is 556 g/mol. The third-order valence-corrected chi connectivity index (χ3v) is 9.69. The van der Waals surface area contributed by atoms with Crippen LogP contribution in [0.3, 0.4) is 0 Å². The summed E-state index contributed by atoms with van der Waals surface area (Å²) in [6.07, 6.45) is 0. The van der Waals surface area contributed by atoms with Crippen LogP contribution in [0.15, 0.2) is 170 Å². The van der Waals surface area contributed by atoms with E-state index in [2.05, 4.69) is 179 Å². The molecule has 0 N–H and O–H groups in total. The number of fused-ring (bicyclic) bond motifs is 10. The number of rotatable bonds is 3. The second kappa shape index (κ2) is 9.69. The summed E-state index contributed by atoms with van der Waals surface area (Å²) in [5.74, 6) is 0. The van der Waals surface area contributed by atoms with E-state index in [9.17, 15) is 0 Å². The first kappa shape index (κ1) is 25.2. The van der Waals surface area contributed by atoms with Gasteiger partial charge in [0.1, 0.15) is 0 Å². The highest BCUT2D eigenvalue weighted by molar-refractivity contribution is 6.26. The summed E-state index contributed by atoms with van der Waals surface area (Å²) in [7, 11) is 0. The van der Waals surface area contributed by atoms with Gasteiger partial charge < -0.3 is 9.13 Å². The van der Waals surface area contributed by atoms with Gasteiger partial charge in [-0.15, -0.1) is 0 Å². The van der Waals surface area contributed by atoms with Crippen LogP contribution in [0.5, 0.6) is 0 Å². The van der Waals surface area contributed by atoms with E-state index in [1.807, 2.05) is 0 Å². The summed E-state index contributed by atoms with van der Waals surface area (Å²) in [5.41, 5.74) is 9.67. The molecule has 0 saturated carbocycles. The average molecular weight is 585 g/mol. The molecular formula is C44H28N2. The first-order chi connectivity index (χ1) is 22.8. The van der Waals surface area contributed by atoms with Gasteiger partial charge in [-0.2, -0.15) is 0 Å². The molecule has 0 aliphatic heterocycles. The first-order valence-electron chi connectivity index (χ1n) is 15.9. The van der Waals surface area contributed by atoms with E-state index >= 15 is 0 Å². The van der Waals surface area contributed by atoms with Gasteiger partial charge in [-0.05, 0) is 93.3 Å². The van der Waals surface area contributed by atoms with Crippen LogP contribution >= 0.6 is 0 Å². The summed E-state index contributed by atoms with van der Waals surface area (Å²) in [6, 6.07) is 62.0. The fourth-order valence-corrected chi connectivity index (χ4v) is 7.65. The number of para-hydroxylation sites is 3.